The van der Waals surface area contributed by atoms with Crippen molar-refractivity contribution in [2.24, 2.45) is 0 Å². The van der Waals surface area contributed by atoms with E-state index in [-0.39, 0.29) is 11.4 Å². The topological polar surface area (TPSA) is 84.0 Å². The van der Waals surface area contributed by atoms with Gasteiger partial charge < -0.3 is 10.6 Å². The summed E-state index contributed by atoms with van der Waals surface area (Å²) in [4.78, 5) is 25.0. The molecule has 0 spiro atoms. The summed E-state index contributed by atoms with van der Waals surface area (Å²) < 4.78 is 7.97. The van der Waals surface area contributed by atoms with Gasteiger partial charge in [0.2, 0.25) is 0 Å². The van der Waals surface area contributed by atoms with Gasteiger partial charge in [0.25, 0.3) is 11.8 Å². The van der Waals surface area contributed by atoms with Gasteiger partial charge in [0.15, 0.2) is 11.4 Å². The number of para-hydroxylation sites is 2. The van der Waals surface area contributed by atoms with Crippen LogP contribution in [-0.2, 0) is 0 Å². The highest BCUT2D eigenvalue weighted by Gasteiger charge is 2.23. The number of hydrogen-bond donors (Lipinski definition) is 2. The van der Waals surface area contributed by atoms with E-state index in [2.05, 4.69) is 19.4 Å². The van der Waals surface area contributed by atoms with Gasteiger partial charge in [0.1, 0.15) is 0 Å². The summed E-state index contributed by atoms with van der Waals surface area (Å²) in [5.74, 6) is -0.920. The zero-order chi connectivity index (χ0) is 17.8. The van der Waals surface area contributed by atoms with Gasteiger partial charge in [-0.05, 0) is 37.1 Å². The van der Waals surface area contributed by atoms with Crippen LogP contribution in [-0.4, -0.2) is 20.6 Å². The Labute approximate surface area is 149 Å². The molecule has 3 rings (SSSR count). The van der Waals surface area contributed by atoms with Gasteiger partial charge in [0.05, 0.1) is 11.7 Å². The van der Waals surface area contributed by atoms with Crippen molar-refractivity contribution in [3.8, 4) is 0 Å². The Morgan fingerprint density at radius 1 is 0.760 bits per heavy atom. The van der Waals surface area contributed by atoms with Crippen LogP contribution in [0, 0.1) is 13.8 Å². The van der Waals surface area contributed by atoms with Gasteiger partial charge in [0, 0.05) is 11.4 Å². The number of nitrogens with zero attached hydrogens (tertiary/aromatic N) is 2. The highest BCUT2D eigenvalue weighted by molar-refractivity contribution is 6.99. The maximum absolute atomic E-state index is 12.5. The average Bonchev–Trinajstić information content (AvgIpc) is 3.09. The van der Waals surface area contributed by atoms with Crippen molar-refractivity contribution in [3.05, 3.63) is 71.0 Å². The Morgan fingerprint density at radius 2 is 1.16 bits per heavy atom. The monoisotopic (exact) mass is 352 g/mol. The van der Waals surface area contributed by atoms with Gasteiger partial charge >= 0.3 is 0 Å². The predicted octanol–water partition coefficient (Wildman–Crippen LogP) is 3.66. The third kappa shape index (κ3) is 3.72. The zero-order valence-electron chi connectivity index (χ0n) is 13.7. The van der Waals surface area contributed by atoms with E-state index in [0.717, 1.165) is 22.9 Å². The first-order chi connectivity index (χ1) is 12.1. The Morgan fingerprint density at radius 3 is 1.56 bits per heavy atom. The Kier molecular flexibility index (Phi) is 4.85. The summed E-state index contributed by atoms with van der Waals surface area (Å²) in [7, 11) is 0. The van der Waals surface area contributed by atoms with Crippen molar-refractivity contribution in [1.29, 1.82) is 0 Å². The molecule has 0 bridgehead atoms. The second-order valence-corrected chi connectivity index (χ2v) is 6.03. The molecule has 2 amide bonds. The minimum absolute atomic E-state index is 0.0133. The molecule has 3 aromatic rings. The number of amides is 2. The van der Waals surface area contributed by atoms with Crippen LogP contribution < -0.4 is 10.6 Å². The smallest absolute Gasteiger partial charge is 0.277 e. The van der Waals surface area contributed by atoms with Gasteiger partial charge in [-0.1, -0.05) is 36.4 Å². The Hall–Kier alpha value is -3.06. The van der Waals surface area contributed by atoms with Crippen molar-refractivity contribution in [2.75, 3.05) is 10.6 Å². The van der Waals surface area contributed by atoms with Crippen LogP contribution in [0.25, 0.3) is 0 Å². The quantitative estimate of drug-likeness (QED) is 0.750. The van der Waals surface area contributed by atoms with E-state index < -0.39 is 11.8 Å². The van der Waals surface area contributed by atoms with Crippen LogP contribution in [0.3, 0.4) is 0 Å². The second kappa shape index (κ2) is 7.23. The van der Waals surface area contributed by atoms with Crippen molar-refractivity contribution < 1.29 is 9.59 Å². The number of aryl methyl sites for hydroxylation is 2. The Bertz CT molecular complexity index is 862. The fourth-order valence-corrected chi connectivity index (χ4v) is 2.82. The van der Waals surface area contributed by atoms with E-state index in [1.807, 2.05) is 50.2 Å². The number of nitrogens with one attached hydrogen (secondary N) is 2. The predicted molar refractivity (Wildman–Crippen MR) is 98.2 cm³/mol. The summed E-state index contributed by atoms with van der Waals surface area (Å²) in [5, 5.41) is 5.54. The molecule has 0 aliphatic heterocycles. The number of anilines is 2. The first kappa shape index (κ1) is 16.8. The largest absolute Gasteiger partial charge is 0.320 e. The van der Waals surface area contributed by atoms with Crippen molar-refractivity contribution in [1.82, 2.24) is 8.75 Å². The molecule has 2 aromatic carbocycles. The molecule has 126 valence electrons. The number of benzene rings is 2. The molecule has 6 nitrogen and oxygen atoms in total. The van der Waals surface area contributed by atoms with E-state index in [9.17, 15) is 9.59 Å². The molecule has 0 unspecified atom stereocenters. The van der Waals surface area contributed by atoms with E-state index in [0.29, 0.717) is 11.4 Å². The van der Waals surface area contributed by atoms with Gasteiger partial charge in [-0.2, -0.15) is 8.75 Å². The summed E-state index contributed by atoms with van der Waals surface area (Å²) in [6.07, 6.45) is 0. The number of rotatable bonds is 4. The van der Waals surface area contributed by atoms with E-state index in [4.69, 9.17) is 0 Å². The van der Waals surface area contributed by atoms with Crippen LogP contribution in [0.1, 0.15) is 32.1 Å². The lowest BCUT2D eigenvalue weighted by atomic mass is 10.2. The molecule has 0 aliphatic rings. The molecular formula is C18H16N4O2S. The summed E-state index contributed by atoms with van der Waals surface area (Å²) in [5.41, 5.74) is 3.21. The molecule has 0 atom stereocenters. The molecule has 1 aromatic heterocycles. The molecular weight excluding hydrogens is 336 g/mol. The zero-order valence-corrected chi connectivity index (χ0v) is 14.6. The summed E-state index contributed by atoms with van der Waals surface area (Å²) >= 11 is 0.831. The first-order valence-electron chi connectivity index (χ1n) is 7.63. The molecule has 7 heteroatoms. The van der Waals surface area contributed by atoms with Crippen LogP contribution in [0.5, 0.6) is 0 Å². The third-order valence-corrected chi connectivity index (χ3v) is 4.23. The number of carbonyl (C=O) groups excluding carboxylic acids is 2. The van der Waals surface area contributed by atoms with Crippen LogP contribution >= 0.6 is 11.7 Å². The normalized spacial score (nSPS) is 10.3. The molecule has 2 N–H and O–H groups in total. The fourth-order valence-electron chi connectivity index (χ4n) is 2.28. The van der Waals surface area contributed by atoms with Gasteiger partial charge in [-0.25, -0.2) is 0 Å². The van der Waals surface area contributed by atoms with Crippen LogP contribution in [0.2, 0.25) is 0 Å². The molecule has 0 fully saturated rings. The Balaban J connectivity index is 1.80. The minimum Gasteiger partial charge on any atom is -0.320 e. The standard InChI is InChI=1S/C18H16N4O2S/c1-11-7-3-5-9-13(11)19-17(23)15-16(22-25-21-15)18(24)20-14-10-6-4-8-12(14)2/h3-10H,1-2H3,(H,19,23)(H,20,24). The molecule has 1 heterocycles. The fraction of sp³-hybridized carbons (Fsp3) is 0.111. The van der Waals surface area contributed by atoms with Gasteiger partial charge in [-0.15, -0.1) is 0 Å². The van der Waals surface area contributed by atoms with Crippen molar-refractivity contribution in [3.63, 3.8) is 0 Å². The molecule has 25 heavy (non-hydrogen) atoms. The number of carbonyl (C=O) groups is 2. The average molecular weight is 352 g/mol. The molecule has 0 saturated heterocycles. The third-order valence-electron chi connectivity index (χ3n) is 3.71. The second-order valence-electron chi connectivity index (χ2n) is 5.50. The van der Waals surface area contributed by atoms with E-state index in [1.165, 1.54) is 0 Å². The van der Waals surface area contributed by atoms with E-state index >= 15 is 0 Å². The lowest BCUT2D eigenvalue weighted by molar-refractivity contribution is 0.0985. The first-order valence-corrected chi connectivity index (χ1v) is 8.36. The summed E-state index contributed by atoms with van der Waals surface area (Å²) in [6.45, 7) is 3.78. The van der Waals surface area contributed by atoms with Crippen molar-refractivity contribution >= 4 is 34.9 Å². The molecule has 0 radical (unpaired) electrons. The van der Waals surface area contributed by atoms with Crippen LogP contribution in [0.15, 0.2) is 48.5 Å². The highest BCUT2D eigenvalue weighted by Crippen LogP contribution is 2.18. The van der Waals surface area contributed by atoms with Gasteiger partial charge in [-0.3, -0.25) is 9.59 Å². The maximum Gasteiger partial charge on any atom is 0.277 e. The van der Waals surface area contributed by atoms with Crippen LogP contribution in [0.4, 0.5) is 11.4 Å². The number of hydrogen-bond acceptors (Lipinski definition) is 5. The molecule has 0 saturated carbocycles. The van der Waals surface area contributed by atoms with Crippen molar-refractivity contribution in [2.45, 2.75) is 13.8 Å². The highest BCUT2D eigenvalue weighted by atomic mass is 32.1. The molecule has 0 aliphatic carbocycles. The maximum atomic E-state index is 12.5. The summed E-state index contributed by atoms with van der Waals surface area (Å²) in [6, 6.07) is 14.8. The SMILES string of the molecule is Cc1ccccc1NC(=O)c1nsnc1C(=O)Nc1ccccc1C. The lowest BCUT2D eigenvalue weighted by Crippen LogP contribution is -2.21. The lowest BCUT2D eigenvalue weighted by Gasteiger charge is -2.08. The van der Waals surface area contributed by atoms with E-state index in [1.54, 1.807) is 12.1 Å². The number of aromatic nitrogens is 2. The minimum atomic E-state index is -0.460.